The van der Waals surface area contributed by atoms with Crippen LogP contribution in [-0.2, 0) is 7.05 Å². The van der Waals surface area contributed by atoms with Gasteiger partial charge in [0.25, 0.3) is 0 Å². The summed E-state index contributed by atoms with van der Waals surface area (Å²) < 4.78 is 1.76. The normalized spacial score (nSPS) is 23.5. The number of aromatic nitrogens is 2. The minimum absolute atomic E-state index is 0.525. The van der Waals surface area contributed by atoms with Crippen LogP contribution in [0.5, 0.6) is 0 Å². The Morgan fingerprint density at radius 2 is 1.96 bits per heavy atom. The minimum atomic E-state index is -1.44. The van der Waals surface area contributed by atoms with Crippen molar-refractivity contribution >= 4 is 23.9 Å². The van der Waals surface area contributed by atoms with E-state index < -0.39 is 6.60 Å². The molecule has 2 unspecified atom stereocenters. The van der Waals surface area contributed by atoms with Crippen LogP contribution in [0, 0.1) is 5.92 Å². The molecule has 0 spiro atoms. The predicted molar refractivity (Wildman–Crippen MR) is 107 cm³/mol. The number of nitrogens with zero attached hydrogens (tertiary/aromatic N) is 3. The molecule has 2 atom stereocenters. The molecule has 134 valence electrons. The molecule has 1 aliphatic carbocycles. The van der Waals surface area contributed by atoms with Crippen molar-refractivity contribution in [2.75, 3.05) is 62.4 Å². The van der Waals surface area contributed by atoms with Crippen molar-refractivity contribution in [3.8, 4) is 0 Å². The van der Waals surface area contributed by atoms with Crippen LogP contribution in [0.4, 0.5) is 17.3 Å². The second-order valence-corrected chi connectivity index (χ2v) is 17.0. The Hall–Kier alpha value is -0.960. The quantitative estimate of drug-likeness (QED) is 0.781. The van der Waals surface area contributed by atoms with Gasteiger partial charge in [0.2, 0.25) is 0 Å². The molecule has 1 aromatic rings. The zero-order chi connectivity index (χ0) is 17.4. The van der Waals surface area contributed by atoms with Gasteiger partial charge in [-0.15, -0.1) is 0 Å². The van der Waals surface area contributed by atoms with Gasteiger partial charge in [-0.1, -0.05) is 0 Å². The van der Waals surface area contributed by atoms with Crippen molar-refractivity contribution < 1.29 is 0 Å². The Labute approximate surface area is 141 Å². The summed E-state index contributed by atoms with van der Waals surface area (Å²) in [6.45, 7) is 8.54. The summed E-state index contributed by atoms with van der Waals surface area (Å²) in [6.07, 6.45) is 6.61. The predicted octanol–water partition coefficient (Wildman–Crippen LogP) is 3.11. The van der Waals surface area contributed by atoms with Crippen LogP contribution in [0.2, 0.25) is 0 Å². The summed E-state index contributed by atoms with van der Waals surface area (Å²) in [7, 11) is 5.94. The van der Waals surface area contributed by atoms with Gasteiger partial charge in [0.05, 0.1) is 0 Å². The standard InChI is InChI=1S/C17H36N5P/c1-8-23(5,6,7)12-13-9-10-14(11-13)19-17-15(21(2)3)16(18)22(4)20-17/h13-14H,8-12,18H2,1-7H3,(H,19,20). The molecule has 1 heterocycles. The van der Waals surface area contributed by atoms with E-state index in [2.05, 4.69) is 37.3 Å². The third-order valence-corrected chi connectivity index (χ3v) is 9.72. The molecule has 1 aliphatic rings. The van der Waals surface area contributed by atoms with Crippen molar-refractivity contribution in [2.45, 2.75) is 32.2 Å². The number of nitrogen functional groups attached to an aromatic ring is 1. The number of nitrogens with two attached hydrogens (primary N) is 1. The topological polar surface area (TPSA) is 59.1 Å². The Morgan fingerprint density at radius 1 is 1.30 bits per heavy atom. The number of hydrogen-bond donors (Lipinski definition) is 2. The van der Waals surface area contributed by atoms with Crippen molar-refractivity contribution in [2.24, 2.45) is 13.0 Å². The second kappa shape index (κ2) is 6.16. The molecule has 0 aromatic carbocycles. The average molecular weight is 341 g/mol. The van der Waals surface area contributed by atoms with E-state index in [-0.39, 0.29) is 0 Å². The molecule has 2 rings (SSSR count). The number of rotatable bonds is 6. The van der Waals surface area contributed by atoms with Crippen LogP contribution in [0.1, 0.15) is 26.2 Å². The number of aryl methyl sites for hydroxylation is 1. The number of hydrogen-bond acceptors (Lipinski definition) is 4. The van der Waals surface area contributed by atoms with Crippen molar-refractivity contribution in [1.29, 1.82) is 0 Å². The summed E-state index contributed by atoms with van der Waals surface area (Å²) in [5.41, 5.74) is 7.15. The average Bonchev–Trinajstić information content (AvgIpc) is 2.94. The molecule has 0 saturated heterocycles. The van der Waals surface area contributed by atoms with Gasteiger partial charge in [-0.05, 0) is 0 Å². The SMILES string of the molecule is CCP(C)(C)(C)CC1CCC(Nc2nn(C)c(N)c2N(C)C)C1. The summed E-state index contributed by atoms with van der Waals surface area (Å²) in [6, 6.07) is 0.525. The van der Waals surface area contributed by atoms with Gasteiger partial charge in [0.1, 0.15) is 0 Å². The Balaban J connectivity index is 2.03. The molecule has 23 heavy (non-hydrogen) atoms. The maximum absolute atomic E-state index is 6.15. The van der Waals surface area contributed by atoms with Crippen LogP contribution in [0.3, 0.4) is 0 Å². The molecule has 1 saturated carbocycles. The van der Waals surface area contributed by atoms with Gasteiger partial charge in [0.15, 0.2) is 0 Å². The fourth-order valence-corrected chi connectivity index (χ4v) is 6.22. The molecule has 0 radical (unpaired) electrons. The van der Waals surface area contributed by atoms with E-state index in [4.69, 9.17) is 5.73 Å². The summed E-state index contributed by atoms with van der Waals surface area (Å²) >= 11 is 0. The van der Waals surface area contributed by atoms with Gasteiger partial charge >= 0.3 is 141 Å². The van der Waals surface area contributed by atoms with E-state index in [9.17, 15) is 0 Å². The fraction of sp³-hybridized carbons (Fsp3) is 0.824. The van der Waals surface area contributed by atoms with Crippen molar-refractivity contribution in [3.05, 3.63) is 0 Å². The van der Waals surface area contributed by atoms with E-state index >= 15 is 0 Å². The molecule has 0 amide bonds. The first-order valence-corrected chi connectivity index (χ1v) is 12.7. The first kappa shape index (κ1) is 18.4. The first-order valence-electron chi connectivity index (χ1n) is 8.76. The van der Waals surface area contributed by atoms with E-state index in [1.807, 2.05) is 26.0 Å². The van der Waals surface area contributed by atoms with E-state index in [1.165, 1.54) is 31.6 Å². The molecule has 0 aliphatic heterocycles. The molecule has 0 bridgehead atoms. The second-order valence-electron chi connectivity index (χ2n) is 9.08. The summed E-state index contributed by atoms with van der Waals surface area (Å²) in [4.78, 5) is 2.05. The molecule has 3 N–H and O–H groups in total. The monoisotopic (exact) mass is 341 g/mol. The molecule has 1 fully saturated rings. The van der Waals surface area contributed by atoms with E-state index in [1.54, 1.807) is 4.68 Å². The maximum atomic E-state index is 6.15. The van der Waals surface area contributed by atoms with Crippen LogP contribution in [0.25, 0.3) is 0 Å². The van der Waals surface area contributed by atoms with Crippen molar-refractivity contribution in [1.82, 2.24) is 9.78 Å². The Kier molecular flexibility index (Phi) is 4.92. The fourth-order valence-electron chi connectivity index (χ4n) is 3.72. The third-order valence-electron chi connectivity index (χ3n) is 5.50. The molecular weight excluding hydrogens is 305 g/mol. The molecule has 5 nitrogen and oxygen atoms in total. The zero-order valence-electron chi connectivity index (χ0n) is 16.1. The van der Waals surface area contributed by atoms with Crippen molar-refractivity contribution in [3.63, 3.8) is 0 Å². The Morgan fingerprint density at radius 3 is 2.52 bits per heavy atom. The van der Waals surface area contributed by atoms with Gasteiger partial charge in [-0.2, -0.15) is 0 Å². The van der Waals surface area contributed by atoms with Gasteiger partial charge in [0, 0.05) is 0 Å². The number of anilines is 3. The van der Waals surface area contributed by atoms with Gasteiger partial charge < -0.3 is 0 Å². The van der Waals surface area contributed by atoms with Crippen LogP contribution in [0.15, 0.2) is 0 Å². The van der Waals surface area contributed by atoms with Crippen LogP contribution >= 0.6 is 6.60 Å². The Bertz CT molecular complexity index is 555. The first-order chi connectivity index (χ1) is 10.5. The molecular formula is C17H36N5P. The zero-order valence-corrected chi connectivity index (χ0v) is 17.0. The summed E-state index contributed by atoms with van der Waals surface area (Å²) in [5.74, 6) is 2.51. The molecule has 1 aromatic heterocycles. The molecule has 6 heteroatoms. The van der Waals surface area contributed by atoms with E-state index in [0.29, 0.717) is 6.04 Å². The van der Waals surface area contributed by atoms with Crippen LogP contribution in [-0.4, -0.2) is 62.2 Å². The van der Waals surface area contributed by atoms with Gasteiger partial charge in [-0.25, -0.2) is 0 Å². The van der Waals surface area contributed by atoms with Crippen LogP contribution < -0.4 is 16.0 Å². The van der Waals surface area contributed by atoms with Gasteiger partial charge in [-0.3, -0.25) is 0 Å². The number of nitrogens with one attached hydrogen (secondary N) is 1. The van der Waals surface area contributed by atoms with E-state index in [0.717, 1.165) is 23.2 Å². The summed E-state index contributed by atoms with van der Waals surface area (Å²) in [5, 5.41) is 8.23. The third kappa shape index (κ3) is 4.32.